The second-order valence-electron chi connectivity index (χ2n) is 6.64. The third-order valence-corrected chi connectivity index (χ3v) is 5.24. The maximum absolute atomic E-state index is 11.8. The molecule has 0 radical (unpaired) electrons. The number of benzene rings is 2. The first-order chi connectivity index (χ1) is 13.6. The van der Waals surface area contributed by atoms with Gasteiger partial charge in [-0.05, 0) is 29.9 Å². The van der Waals surface area contributed by atoms with Gasteiger partial charge in [0, 0.05) is 31.6 Å². The van der Waals surface area contributed by atoms with E-state index in [0.717, 1.165) is 22.5 Å². The Bertz CT molecular complexity index is 1000. The Morgan fingerprint density at radius 3 is 2.46 bits per heavy atom. The predicted octanol–water partition coefficient (Wildman–Crippen LogP) is 3.00. The fourth-order valence-electron chi connectivity index (χ4n) is 3.43. The van der Waals surface area contributed by atoms with Crippen molar-refractivity contribution in [3.8, 4) is 5.69 Å². The van der Waals surface area contributed by atoms with E-state index in [1.807, 2.05) is 65.6 Å². The van der Waals surface area contributed by atoms with Crippen molar-refractivity contribution < 1.29 is 9.90 Å². The summed E-state index contributed by atoms with van der Waals surface area (Å²) in [5, 5.41) is 17.9. The Morgan fingerprint density at radius 1 is 1.11 bits per heavy atom. The van der Waals surface area contributed by atoms with Crippen LogP contribution in [0.25, 0.3) is 5.69 Å². The van der Waals surface area contributed by atoms with Gasteiger partial charge in [0.15, 0.2) is 10.8 Å². The van der Waals surface area contributed by atoms with E-state index >= 15 is 0 Å². The maximum atomic E-state index is 11.8. The topological polar surface area (TPSA) is 70.4 Å². The minimum Gasteiger partial charge on any atom is -0.476 e. The maximum Gasteiger partial charge on any atom is 0.356 e. The molecule has 4 rings (SSSR count). The van der Waals surface area contributed by atoms with E-state index in [2.05, 4.69) is 10.4 Å². The van der Waals surface area contributed by atoms with Crippen molar-refractivity contribution in [2.45, 2.75) is 19.5 Å². The summed E-state index contributed by atoms with van der Waals surface area (Å²) in [6.45, 7) is 1.79. The summed E-state index contributed by atoms with van der Waals surface area (Å²) >= 11 is 5.55. The third kappa shape index (κ3) is 3.61. The van der Waals surface area contributed by atoms with Crippen LogP contribution < -0.4 is 5.32 Å². The van der Waals surface area contributed by atoms with Gasteiger partial charge in [0.2, 0.25) is 0 Å². The molecule has 142 valence electrons. The van der Waals surface area contributed by atoms with Gasteiger partial charge in [-0.3, -0.25) is 0 Å². The van der Waals surface area contributed by atoms with Gasteiger partial charge in [-0.1, -0.05) is 48.5 Å². The van der Waals surface area contributed by atoms with Gasteiger partial charge in [-0.15, -0.1) is 0 Å². The van der Waals surface area contributed by atoms with Crippen LogP contribution in [0.4, 0.5) is 0 Å². The molecule has 2 aromatic carbocycles. The molecule has 3 aromatic rings. The summed E-state index contributed by atoms with van der Waals surface area (Å²) in [4.78, 5) is 13.8. The molecule has 1 aliphatic heterocycles. The Morgan fingerprint density at radius 2 is 1.79 bits per heavy atom. The van der Waals surface area contributed by atoms with Crippen molar-refractivity contribution in [3.05, 3.63) is 83.2 Å². The van der Waals surface area contributed by atoms with Crippen LogP contribution in [0.3, 0.4) is 0 Å². The fourth-order valence-corrected chi connectivity index (χ4v) is 3.66. The molecule has 0 spiro atoms. The number of rotatable bonds is 4. The first kappa shape index (κ1) is 18.2. The van der Waals surface area contributed by atoms with E-state index in [4.69, 9.17) is 12.2 Å². The van der Waals surface area contributed by atoms with Gasteiger partial charge in [0.05, 0.1) is 11.4 Å². The van der Waals surface area contributed by atoms with E-state index in [1.165, 1.54) is 0 Å². The van der Waals surface area contributed by atoms with Crippen LogP contribution in [0.1, 0.15) is 27.3 Å². The van der Waals surface area contributed by atoms with Gasteiger partial charge < -0.3 is 15.3 Å². The molecule has 0 atom stereocenters. The summed E-state index contributed by atoms with van der Waals surface area (Å²) in [6.07, 6.45) is 0.678. The lowest BCUT2D eigenvalue weighted by Crippen LogP contribution is -2.42. The number of hydrogen-bond donors (Lipinski definition) is 2. The highest BCUT2D eigenvalue weighted by Crippen LogP contribution is 2.25. The smallest absolute Gasteiger partial charge is 0.356 e. The van der Waals surface area contributed by atoms with Gasteiger partial charge >= 0.3 is 5.97 Å². The minimum atomic E-state index is -1.02. The molecule has 1 aliphatic rings. The van der Waals surface area contributed by atoms with Gasteiger partial charge in [-0.2, -0.15) is 5.10 Å². The highest BCUT2D eigenvalue weighted by Gasteiger charge is 2.29. The van der Waals surface area contributed by atoms with Crippen LogP contribution in [0.2, 0.25) is 0 Å². The number of hydrogen-bond acceptors (Lipinski definition) is 3. The third-order valence-electron chi connectivity index (χ3n) is 4.83. The van der Waals surface area contributed by atoms with Crippen LogP contribution in [-0.2, 0) is 19.5 Å². The summed E-state index contributed by atoms with van der Waals surface area (Å²) in [7, 11) is 0. The van der Waals surface area contributed by atoms with Crippen LogP contribution >= 0.6 is 12.2 Å². The average molecular weight is 392 g/mol. The zero-order chi connectivity index (χ0) is 19.5. The first-order valence-electron chi connectivity index (χ1n) is 9.09. The number of aromatic carboxylic acids is 1. The molecule has 0 unspecified atom stereocenters. The van der Waals surface area contributed by atoms with Crippen LogP contribution in [0.15, 0.2) is 60.7 Å². The molecule has 1 aromatic heterocycles. The lowest BCUT2D eigenvalue weighted by Gasteiger charge is -2.30. The molecular formula is C21H20N4O2S. The van der Waals surface area contributed by atoms with E-state index < -0.39 is 5.97 Å². The standard InChI is InChI=1S/C21H20N4O2S/c26-20(27)19-17-14-24(21(28)22-13-15-7-3-1-4-8-15)12-11-18(17)25(23-19)16-9-5-2-6-10-16/h1-10H,11-14H2,(H,22,28)(H,26,27). The molecule has 0 amide bonds. The zero-order valence-electron chi connectivity index (χ0n) is 15.2. The van der Waals surface area contributed by atoms with Crippen molar-refractivity contribution in [3.63, 3.8) is 0 Å². The number of nitrogens with zero attached hydrogens (tertiary/aromatic N) is 3. The number of fused-ring (bicyclic) bond motifs is 1. The van der Waals surface area contributed by atoms with Gasteiger partial charge in [0.1, 0.15) is 0 Å². The van der Waals surface area contributed by atoms with Gasteiger partial charge in [0.25, 0.3) is 0 Å². The second kappa shape index (κ2) is 7.82. The number of aromatic nitrogens is 2. The molecular weight excluding hydrogens is 372 g/mol. The molecule has 2 heterocycles. The number of carboxylic acids is 1. The van der Waals surface area contributed by atoms with E-state index in [0.29, 0.717) is 31.2 Å². The van der Waals surface area contributed by atoms with E-state index in [9.17, 15) is 9.90 Å². The molecule has 0 aliphatic carbocycles. The summed E-state index contributed by atoms with van der Waals surface area (Å²) < 4.78 is 1.75. The monoisotopic (exact) mass is 392 g/mol. The number of nitrogens with one attached hydrogen (secondary N) is 1. The molecule has 0 saturated carbocycles. The lowest BCUT2D eigenvalue weighted by atomic mass is 10.1. The molecule has 0 bridgehead atoms. The predicted molar refractivity (Wildman–Crippen MR) is 111 cm³/mol. The van der Waals surface area contributed by atoms with Crippen LogP contribution in [0.5, 0.6) is 0 Å². The summed E-state index contributed by atoms with van der Waals surface area (Å²) in [5.74, 6) is -1.02. The molecule has 0 fully saturated rings. The zero-order valence-corrected chi connectivity index (χ0v) is 16.0. The number of thiocarbonyl (C=S) groups is 1. The molecule has 6 nitrogen and oxygen atoms in total. The molecule has 28 heavy (non-hydrogen) atoms. The minimum absolute atomic E-state index is 0.0920. The largest absolute Gasteiger partial charge is 0.476 e. The molecule has 7 heteroatoms. The number of para-hydroxylation sites is 1. The number of carboxylic acid groups (broad SMARTS) is 1. The first-order valence-corrected chi connectivity index (χ1v) is 9.50. The lowest BCUT2D eigenvalue weighted by molar-refractivity contribution is 0.0688. The Labute approximate surface area is 168 Å². The Hall–Kier alpha value is -3.19. The SMILES string of the molecule is O=C(O)c1nn(-c2ccccc2)c2c1CN(C(=S)NCc1ccccc1)CC2. The molecule has 2 N–H and O–H groups in total. The van der Waals surface area contributed by atoms with Crippen molar-refractivity contribution >= 4 is 23.3 Å². The highest BCUT2D eigenvalue weighted by molar-refractivity contribution is 7.80. The summed E-state index contributed by atoms with van der Waals surface area (Å²) in [6, 6.07) is 19.7. The Balaban J connectivity index is 1.55. The van der Waals surface area contributed by atoms with E-state index in [1.54, 1.807) is 4.68 Å². The Kier molecular flexibility index (Phi) is 5.08. The van der Waals surface area contributed by atoms with Crippen molar-refractivity contribution in [2.75, 3.05) is 6.54 Å². The average Bonchev–Trinajstić information content (AvgIpc) is 3.12. The summed E-state index contributed by atoms with van der Waals surface area (Å²) in [5.41, 5.74) is 3.77. The molecule has 0 saturated heterocycles. The van der Waals surface area contributed by atoms with Crippen molar-refractivity contribution in [2.24, 2.45) is 0 Å². The van der Waals surface area contributed by atoms with Gasteiger partial charge in [-0.25, -0.2) is 9.48 Å². The normalized spacial score (nSPS) is 13.1. The van der Waals surface area contributed by atoms with E-state index in [-0.39, 0.29) is 5.69 Å². The van der Waals surface area contributed by atoms with Crippen LogP contribution in [0, 0.1) is 0 Å². The number of carbonyl (C=O) groups is 1. The fraction of sp³-hybridized carbons (Fsp3) is 0.190. The highest BCUT2D eigenvalue weighted by atomic mass is 32.1. The second-order valence-corrected chi connectivity index (χ2v) is 7.03. The van der Waals surface area contributed by atoms with Crippen molar-refractivity contribution in [1.82, 2.24) is 20.0 Å². The van der Waals surface area contributed by atoms with Crippen molar-refractivity contribution in [1.29, 1.82) is 0 Å². The van der Waals surface area contributed by atoms with Crippen LogP contribution in [-0.4, -0.2) is 37.4 Å². The quantitative estimate of drug-likeness (QED) is 0.665.